The largest absolute Gasteiger partial charge is 0.353 e. The molecule has 2 nitrogen and oxygen atoms in total. The maximum Gasteiger partial charge on any atom is 0.146 e. The molecule has 0 aromatic rings. The van der Waals surface area contributed by atoms with E-state index in [-0.39, 0.29) is 21.1 Å². The first kappa shape index (κ1) is 6.61. The van der Waals surface area contributed by atoms with Crippen LogP contribution < -0.4 is 0 Å². The van der Waals surface area contributed by atoms with Gasteiger partial charge >= 0.3 is 0 Å². The van der Waals surface area contributed by atoms with Crippen LogP contribution in [0.2, 0.25) is 0 Å². The molecule has 0 aliphatic carbocycles. The molecule has 0 unspecified atom stereocenters. The zero-order valence-electron chi connectivity index (χ0n) is 3.25. The predicted octanol–water partition coefficient (Wildman–Crippen LogP) is -0.0118. The first-order valence-corrected chi connectivity index (χ1v) is 1.65. The molecule has 0 saturated carbocycles. The van der Waals surface area contributed by atoms with Gasteiger partial charge in [0.2, 0.25) is 0 Å². The summed E-state index contributed by atoms with van der Waals surface area (Å²) in [4.78, 5) is 0. The molecule has 1 heterocycles. The fourth-order valence-corrected chi connectivity index (χ4v) is 0.295. The van der Waals surface area contributed by atoms with Gasteiger partial charge in [-0.3, -0.25) is 0 Å². The first-order chi connectivity index (χ1) is 2.50. The molecule has 0 spiro atoms. The van der Waals surface area contributed by atoms with Crippen LogP contribution in [0.1, 0.15) is 0 Å². The van der Waals surface area contributed by atoms with Gasteiger partial charge in [-0.25, -0.2) is 0 Å². The number of ether oxygens (including phenoxy) is 2. The van der Waals surface area contributed by atoms with E-state index < -0.39 is 0 Å². The molecule has 1 aliphatic heterocycles. The van der Waals surface area contributed by atoms with E-state index in [1.807, 2.05) is 0 Å². The average molecular weight is 269 g/mol. The zero-order valence-corrected chi connectivity index (χ0v) is 5.53. The third kappa shape index (κ3) is 1.91. The van der Waals surface area contributed by atoms with Crippen LogP contribution >= 0.6 is 0 Å². The molecule has 0 radical (unpaired) electrons. The number of rotatable bonds is 0. The maximum atomic E-state index is 4.72. The van der Waals surface area contributed by atoms with Crippen LogP contribution in [0.15, 0.2) is 0 Å². The van der Waals surface area contributed by atoms with Crippen molar-refractivity contribution in [1.29, 1.82) is 0 Å². The maximum absolute atomic E-state index is 4.72. The number of hydrogen-bond donors (Lipinski definition) is 0. The molecule has 1 fully saturated rings. The fourth-order valence-electron chi connectivity index (χ4n) is 0.295. The van der Waals surface area contributed by atoms with E-state index in [2.05, 4.69) is 0 Å². The number of hydrogen-bond acceptors (Lipinski definition) is 2. The third-order valence-electron chi connectivity index (χ3n) is 0.539. The van der Waals surface area contributed by atoms with Crippen molar-refractivity contribution in [2.75, 3.05) is 20.0 Å². The average Bonchev–Trinajstić information content (AvgIpc) is 1.76. The van der Waals surface area contributed by atoms with Crippen molar-refractivity contribution < 1.29 is 30.5 Å². The van der Waals surface area contributed by atoms with Crippen molar-refractivity contribution in [1.82, 2.24) is 0 Å². The first-order valence-electron chi connectivity index (χ1n) is 1.65. The summed E-state index contributed by atoms with van der Waals surface area (Å²) < 4.78 is 9.44. The second-order valence-corrected chi connectivity index (χ2v) is 0.934. The van der Waals surface area contributed by atoms with E-state index in [1.165, 1.54) is 0 Å². The fraction of sp³-hybridized carbons (Fsp3) is 1.00. The van der Waals surface area contributed by atoms with Crippen molar-refractivity contribution >= 4 is 0 Å². The zero-order chi connectivity index (χ0) is 3.54. The molecule has 3 heteroatoms. The van der Waals surface area contributed by atoms with Crippen molar-refractivity contribution in [3.8, 4) is 0 Å². The standard InChI is InChI=1S/C3H6O2.Pt/c1-2-5-3-4-1;/h1-3H2;. The third-order valence-corrected chi connectivity index (χ3v) is 0.539. The Labute approximate surface area is 51.1 Å². The molecule has 0 amide bonds. The summed E-state index contributed by atoms with van der Waals surface area (Å²) in [5, 5.41) is 0. The molecule has 0 bridgehead atoms. The second-order valence-electron chi connectivity index (χ2n) is 0.934. The Morgan fingerprint density at radius 3 is 1.67 bits per heavy atom. The van der Waals surface area contributed by atoms with Gasteiger partial charge in [0.15, 0.2) is 0 Å². The molecule has 1 aliphatic rings. The van der Waals surface area contributed by atoms with Crippen LogP contribution in [-0.4, -0.2) is 20.0 Å². The van der Waals surface area contributed by atoms with Gasteiger partial charge in [0, 0.05) is 21.1 Å². The Balaban J connectivity index is 0.000000250. The minimum atomic E-state index is 0. The Kier molecular flexibility index (Phi) is 4.17. The van der Waals surface area contributed by atoms with Crippen LogP contribution in [0.3, 0.4) is 0 Å². The summed E-state index contributed by atoms with van der Waals surface area (Å²) in [6.45, 7) is 2.06. The van der Waals surface area contributed by atoms with Gasteiger partial charge in [0.1, 0.15) is 6.79 Å². The SMILES string of the molecule is C1COCO1.[Pt]. The molecule has 6 heavy (non-hydrogen) atoms. The summed E-state index contributed by atoms with van der Waals surface area (Å²) in [5.74, 6) is 0. The minimum absolute atomic E-state index is 0. The van der Waals surface area contributed by atoms with Crippen molar-refractivity contribution in [2.24, 2.45) is 0 Å². The monoisotopic (exact) mass is 269 g/mol. The predicted molar refractivity (Wildman–Crippen MR) is 16.8 cm³/mol. The van der Waals surface area contributed by atoms with E-state index in [1.54, 1.807) is 0 Å². The Hall–Kier alpha value is 0.608. The molecule has 1 rings (SSSR count). The van der Waals surface area contributed by atoms with Gasteiger partial charge in [-0.1, -0.05) is 0 Å². The van der Waals surface area contributed by atoms with Crippen molar-refractivity contribution in [3.63, 3.8) is 0 Å². The topological polar surface area (TPSA) is 18.5 Å². The van der Waals surface area contributed by atoms with Crippen LogP contribution in [0.4, 0.5) is 0 Å². The minimum Gasteiger partial charge on any atom is -0.353 e. The molecular weight excluding hydrogens is 263 g/mol. The summed E-state index contributed by atoms with van der Waals surface area (Å²) in [6, 6.07) is 0. The normalized spacial score (nSPS) is 20.0. The van der Waals surface area contributed by atoms with E-state index >= 15 is 0 Å². The van der Waals surface area contributed by atoms with Crippen LogP contribution in [0.5, 0.6) is 0 Å². The summed E-state index contributed by atoms with van der Waals surface area (Å²) >= 11 is 0. The Morgan fingerprint density at radius 1 is 1.00 bits per heavy atom. The van der Waals surface area contributed by atoms with Crippen molar-refractivity contribution in [3.05, 3.63) is 0 Å². The van der Waals surface area contributed by atoms with Crippen LogP contribution in [-0.2, 0) is 30.5 Å². The Bertz CT molecular complexity index is 20.4. The molecule has 0 aromatic carbocycles. The molecule has 0 atom stereocenters. The van der Waals surface area contributed by atoms with Gasteiger partial charge in [-0.05, 0) is 0 Å². The van der Waals surface area contributed by atoms with Crippen LogP contribution in [0, 0.1) is 0 Å². The molecule has 40 valence electrons. The molecule has 0 aromatic heterocycles. The van der Waals surface area contributed by atoms with Gasteiger partial charge in [0.25, 0.3) is 0 Å². The quantitative estimate of drug-likeness (QED) is 0.616. The second kappa shape index (κ2) is 3.79. The molecule has 1 saturated heterocycles. The van der Waals surface area contributed by atoms with Crippen LogP contribution in [0.25, 0.3) is 0 Å². The van der Waals surface area contributed by atoms with Gasteiger partial charge in [0.05, 0.1) is 13.2 Å². The van der Waals surface area contributed by atoms with E-state index in [0.717, 1.165) is 13.2 Å². The summed E-state index contributed by atoms with van der Waals surface area (Å²) in [6.07, 6.45) is 0. The van der Waals surface area contributed by atoms with Gasteiger partial charge < -0.3 is 9.47 Å². The van der Waals surface area contributed by atoms with Gasteiger partial charge in [-0.2, -0.15) is 0 Å². The van der Waals surface area contributed by atoms with Crippen molar-refractivity contribution in [2.45, 2.75) is 0 Å². The Morgan fingerprint density at radius 2 is 1.50 bits per heavy atom. The summed E-state index contributed by atoms with van der Waals surface area (Å²) in [7, 11) is 0. The van der Waals surface area contributed by atoms with E-state index in [0.29, 0.717) is 6.79 Å². The smallest absolute Gasteiger partial charge is 0.146 e. The van der Waals surface area contributed by atoms with E-state index in [4.69, 9.17) is 9.47 Å². The molecular formula is C3H6O2Pt. The summed E-state index contributed by atoms with van der Waals surface area (Å²) in [5.41, 5.74) is 0. The molecule has 0 N–H and O–H groups in total. The van der Waals surface area contributed by atoms with E-state index in [9.17, 15) is 0 Å². The van der Waals surface area contributed by atoms with Gasteiger partial charge in [-0.15, -0.1) is 0 Å².